The summed E-state index contributed by atoms with van der Waals surface area (Å²) >= 11 is 6.15. The number of aromatic nitrogens is 1. The van der Waals surface area contributed by atoms with Crippen LogP contribution in [0.4, 0.5) is 5.69 Å². The average molecular weight is 387 g/mol. The average Bonchev–Trinajstić information content (AvgIpc) is 2.60. The van der Waals surface area contributed by atoms with Crippen molar-refractivity contribution < 1.29 is 9.53 Å². The number of aryl methyl sites for hydroxylation is 3. The van der Waals surface area contributed by atoms with Crippen molar-refractivity contribution in [2.45, 2.75) is 66.3 Å². The summed E-state index contributed by atoms with van der Waals surface area (Å²) in [6, 6.07) is 6.00. The van der Waals surface area contributed by atoms with Gasteiger partial charge in [0, 0.05) is 28.7 Å². The molecular formula is C22H27ClN2O2. The molecule has 0 radical (unpaired) electrons. The minimum absolute atomic E-state index is 0.187. The van der Waals surface area contributed by atoms with Crippen molar-refractivity contribution in [2.24, 2.45) is 0 Å². The van der Waals surface area contributed by atoms with Crippen LogP contribution in [0.2, 0.25) is 5.02 Å². The summed E-state index contributed by atoms with van der Waals surface area (Å²) in [5.74, 6) is 1.57. The molecule has 1 aliphatic heterocycles. The van der Waals surface area contributed by atoms with Crippen molar-refractivity contribution in [1.82, 2.24) is 4.98 Å². The number of benzene rings is 1. The maximum Gasteiger partial charge on any atom is 0.227 e. The Bertz CT molecular complexity index is 852. The van der Waals surface area contributed by atoms with Crippen LogP contribution in [0.5, 0.6) is 11.6 Å². The lowest BCUT2D eigenvalue weighted by atomic mass is 9.98. The van der Waals surface area contributed by atoms with Gasteiger partial charge in [0.2, 0.25) is 11.8 Å². The number of carbonyl (C=O) groups excluding carboxylic acids is 1. The van der Waals surface area contributed by atoms with Gasteiger partial charge < -0.3 is 9.64 Å². The summed E-state index contributed by atoms with van der Waals surface area (Å²) in [4.78, 5) is 19.3. The summed E-state index contributed by atoms with van der Waals surface area (Å²) in [6.45, 7) is 10.2. The molecule has 0 N–H and O–H groups in total. The first-order valence-electron chi connectivity index (χ1n) is 9.62. The molecule has 144 valence electrons. The molecule has 0 bridgehead atoms. The van der Waals surface area contributed by atoms with Crippen LogP contribution in [0.25, 0.3) is 0 Å². The zero-order valence-electron chi connectivity index (χ0n) is 16.7. The second kappa shape index (κ2) is 7.89. The summed E-state index contributed by atoms with van der Waals surface area (Å²) in [7, 11) is 0. The standard InChI is InChI=1S/C22H27ClN2O2/c1-6-17(7-2)25-19-12-15(5)24-22(18(19)8-9-20(25)26)27-21-13(3)10-16(23)11-14(21)4/h10-12,17H,6-9H2,1-5H3. The van der Waals surface area contributed by atoms with E-state index in [1.165, 1.54) is 0 Å². The monoisotopic (exact) mass is 386 g/mol. The minimum Gasteiger partial charge on any atom is -0.438 e. The first kappa shape index (κ1) is 19.7. The number of fused-ring (bicyclic) bond motifs is 1. The van der Waals surface area contributed by atoms with Gasteiger partial charge >= 0.3 is 0 Å². The highest BCUT2D eigenvalue weighted by molar-refractivity contribution is 6.30. The van der Waals surface area contributed by atoms with Crippen LogP contribution in [0, 0.1) is 20.8 Å². The Hall–Kier alpha value is -2.07. The third-order valence-electron chi connectivity index (χ3n) is 5.24. The number of hydrogen-bond donors (Lipinski definition) is 0. The number of hydrogen-bond acceptors (Lipinski definition) is 3. The molecule has 0 saturated heterocycles. The number of halogens is 1. The van der Waals surface area contributed by atoms with E-state index in [0.717, 1.165) is 46.7 Å². The van der Waals surface area contributed by atoms with Gasteiger partial charge in [-0.3, -0.25) is 4.79 Å². The number of amides is 1. The van der Waals surface area contributed by atoms with Crippen molar-refractivity contribution in [3.8, 4) is 11.6 Å². The molecule has 1 aliphatic rings. The van der Waals surface area contributed by atoms with Crippen LogP contribution in [0.15, 0.2) is 18.2 Å². The van der Waals surface area contributed by atoms with Crippen molar-refractivity contribution in [3.63, 3.8) is 0 Å². The molecular weight excluding hydrogens is 360 g/mol. The Morgan fingerprint density at radius 3 is 2.33 bits per heavy atom. The van der Waals surface area contributed by atoms with Crippen LogP contribution >= 0.6 is 11.6 Å². The molecule has 0 aliphatic carbocycles. The highest BCUT2D eigenvalue weighted by Crippen LogP contribution is 2.39. The fourth-order valence-corrected chi connectivity index (χ4v) is 4.21. The van der Waals surface area contributed by atoms with Crippen LogP contribution in [-0.4, -0.2) is 16.9 Å². The van der Waals surface area contributed by atoms with Gasteiger partial charge in [-0.05, 0) is 69.4 Å². The SMILES string of the molecule is CCC(CC)N1C(=O)CCc2c1cc(C)nc2Oc1c(C)cc(Cl)cc1C. The van der Waals surface area contributed by atoms with E-state index in [-0.39, 0.29) is 11.9 Å². The van der Waals surface area contributed by atoms with Gasteiger partial charge in [0.05, 0.1) is 5.69 Å². The van der Waals surface area contributed by atoms with Gasteiger partial charge in [0.15, 0.2) is 0 Å². The zero-order chi connectivity index (χ0) is 19.7. The van der Waals surface area contributed by atoms with E-state index in [4.69, 9.17) is 16.3 Å². The van der Waals surface area contributed by atoms with E-state index in [0.29, 0.717) is 23.7 Å². The van der Waals surface area contributed by atoms with Crippen LogP contribution in [0.1, 0.15) is 55.5 Å². The van der Waals surface area contributed by atoms with Crippen molar-refractivity contribution in [3.05, 3.63) is 45.6 Å². The minimum atomic E-state index is 0.187. The fourth-order valence-electron chi connectivity index (χ4n) is 3.88. The Morgan fingerprint density at radius 1 is 1.11 bits per heavy atom. The predicted molar refractivity (Wildman–Crippen MR) is 110 cm³/mol. The Balaban J connectivity index is 2.10. The molecule has 0 fully saturated rings. The lowest BCUT2D eigenvalue weighted by molar-refractivity contribution is -0.119. The van der Waals surface area contributed by atoms with E-state index in [9.17, 15) is 4.79 Å². The molecule has 4 nitrogen and oxygen atoms in total. The summed E-state index contributed by atoms with van der Waals surface area (Å²) in [6.07, 6.45) is 2.99. The molecule has 0 saturated carbocycles. The molecule has 1 aromatic heterocycles. The zero-order valence-corrected chi connectivity index (χ0v) is 17.5. The smallest absolute Gasteiger partial charge is 0.227 e. The molecule has 3 rings (SSSR count). The van der Waals surface area contributed by atoms with E-state index < -0.39 is 0 Å². The maximum absolute atomic E-state index is 12.7. The predicted octanol–water partition coefficient (Wildman–Crippen LogP) is 5.92. The summed E-state index contributed by atoms with van der Waals surface area (Å²) in [5, 5.41) is 0.696. The first-order valence-corrected chi connectivity index (χ1v) is 10.0. The maximum atomic E-state index is 12.7. The molecule has 2 heterocycles. The molecule has 1 aromatic carbocycles. The number of pyridine rings is 1. The largest absolute Gasteiger partial charge is 0.438 e. The summed E-state index contributed by atoms with van der Waals surface area (Å²) < 4.78 is 6.30. The van der Waals surface area contributed by atoms with Gasteiger partial charge in [-0.1, -0.05) is 25.4 Å². The number of nitrogens with zero attached hydrogens (tertiary/aromatic N) is 2. The van der Waals surface area contributed by atoms with E-state index >= 15 is 0 Å². The van der Waals surface area contributed by atoms with Gasteiger partial charge in [-0.25, -0.2) is 4.98 Å². The molecule has 1 amide bonds. The molecule has 0 spiro atoms. The van der Waals surface area contributed by atoms with Gasteiger partial charge in [-0.15, -0.1) is 0 Å². The Labute approximate surface area is 166 Å². The van der Waals surface area contributed by atoms with Crippen molar-refractivity contribution in [1.29, 1.82) is 0 Å². The molecule has 2 aromatic rings. The van der Waals surface area contributed by atoms with Gasteiger partial charge in [0.25, 0.3) is 0 Å². The van der Waals surface area contributed by atoms with Gasteiger partial charge in [-0.2, -0.15) is 0 Å². The molecule has 5 heteroatoms. The number of ether oxygens (including phenoxy) is 1. The number of anilines is 1. The van der Waals surface area contributed by atoms with E-state index in [2.05, 4.69) is 18.8 Å². The topological polar surface area (TPSA) is 42.4 Å². The lowest BCUT2D eigenvalue weighted by Gasteiger charge is -2.36. The van der Waals surface area contributed by atoms with Crippen molar-refractivity contribution >= 4 is 23.2 Å². The second-order valence-electron chi connectivity index (χ2n) is 7.27. The number of rotatable bonds is 5. The fraction of sp³-hybridized carbons (Fsp3) is 0.455. The van der Waals surface area contributed by atoms with E-state index in [1.54, 1.807) is 0 Å². The number of carbonyl (C=O) groups is 1. The van der Waals surface area contributed by atoms with Crippen molar-refractivity contribution in [2.75, 3.05) is 4.90 Å². The van der Waals surface area contributed by atoms with Crippen LogP contribution < -0.4 is 9.64 Å². The summed E-state index contributed by atoms with van der Waals surface area (Å²) in [5.41, 5.74) is 4.76. The van der Waals surface area contributed by atoms with Crippen LogP contribution in [-0.2, 0) is 11.2 Å². The second-order valence-corrected chi connectivity index (χ2v) is 7.71. The Morgan fingerprint density at radius 2 is 1.74 bits per heavy atom. The molecule has 27 heavy (non-hydrogen) atoms. The highest BCUT2D eigenvalue weighted by Gasteiger charge is 2.32. The lowest BCUT2D eigenvalue weighted by Crippen LogP contribution is -2.43. The highest BCUT2D eigenvalue weighted by atomic mass is 35.5. The third-order valence-corrected chi connectivity index (χ3v) is 5.46. The Kier molecular flexibility index (Phi) is 5.75. The quantitative estimate of drug-likeness (QED) is 0.640. The van der Waals surface area contributed by atoms with E-state index in [1.807, 2.05) is 43.9 Å². The molecule has 0 unspecified atom stereocenters. The first-order chi connectivity index (χ1) is 12.8. The normalized spacial score (nSPS) is 13.9. The third kappa shape index (κ3) is 3.81. The molecule has 0 atom stereocenters. The van der Waals surface area contributed by atoms with Gasteiger partial charge in [0.1, 0.15) is 5.75 Å². The van der Waals surface area contributed by atoms with Crippen LogP contribution in [0.3, 0.4) is 0 Å².